The van der Waals surface area contributed by atoms with Crippen LogP contribution < -0.4 is 5.32 Å². The Morgan fingerprint density at radius 3 is 2.55 bits per heavy atom. The molecule has 0 radical (unpaired) electrons. The Kier molecular flexibility index (Phi) is 5.64. The zero-order valence-electron chi connectivity index (χ0n) is 11.5. The summed E-state index contributed by atoms with van der Waals surface area (Å²) in [6, 6.07) is 14.0. The number of thioether (sulfide) groups is 1. The summed E-state index contributed by atoms with van der Waals surface area (Å²) >= 11 is 5.00. The first-order valence-corrected chi connectivity index (χ1v) is 8.22. The molecule has 1 nitrogen and oxygen atoms in total. The van der Waals surface area contributed by atoms with Gasteiger partial charge < -0.3 is 5.32 Å². The van der Waals surface area contributed by atoms with Crippen LogP contribution >= 0.6 is 27.7 Å². The van der Waals surface area contributed by atoms with Gasteiger partial charge in [0.1, 0.15) is 5.82 Å². The molecule has 0 amide bonds. The highest BCUT2D eigenvalue weighted by atomic mass is 79.9. The van der Waals surface area contributed by atoms with Crippen molar-refractivity contribution in [3.63, 3.8) is 0 Å². The molecule has 0 aliphatic rings. The van der Waals surface area contributed by atoms with Crippen LogP contribution in [0.15, 0.2) is 51.8 Å². The van der Waals surface area contributed by atoms with E-state index < -0.39 is 0 Å². The third-order valence-electron chi connectivity index (χ3n) is 3.24. The molecule has 1 atom stereocenters. The summed E-state index contributed by atoms with van der Waals surface area (Å²) in [5, 5.41) is 3.22. The summed E-state index contributed by atoms with van der Waals surface area (Å²) in [5.41, 5.74) is 2.24. The number of rotatable bonds is 5. The minimum atomic E-state index is -0.207. The molecule has 0 fully saturated rings. The smallest absolute Gasteiger partial charge is 0.137 e. The Hall–Kier alpha value is -0.840. The van der Waals surface area contributed by atoms with Crippen LogP contribution in [0.5, 0.6) is 0 Å². The molecular weight excluding hydrogens is 337 g/mol. The van der Waals surface area contributed by atoms with Crippen molar-refractivity contribution >= 4 is 27.7 Å². The number of nitrogens with one attached hydrogen (secondary N) is 1. The van der Waals surface area contributed by atoms with E-state index in [2.05, 4.69) is 52.4 Å². The molecule has 4 heteroatoms. The average molecular weight is 354 g/mol. The first-order chi connectivity index (χ1) is 9.61. The number of halogens is 2. The summed E-state index contributed by atoms with van der Waals surface area (Å²) in [7, 11) is 1.95. The van der Waals surface area contributed by atoms with Crippen LogP contribution in [0, 0.1) is 5.82 Å². The van der Waals surface area contributed by atoms with E-state index >= 15 is 0 Å². The van der Waals surface area contributed by atoms with Gasteiger partial charge in [-0.05, 0) is 59.2 Å². The van der Waals surface area contributed by atoms with Crippen molar-refractivity contribution in [1.29, 1.82) is 0 Å². The van der Waals surface area contributed by atoms with Crippen LogP contribution in [-0.4, -0.2) is 7.05 Å². The van der Waals surface area contributed by atoms with E-state index in [9.17, 15) is 4.39 Å². The largest absolute Gasteiger partial charge is 0.313 e. The fraction of sp³-hybridized carbons (Fsp3) is 0.250. The van der Waals surface area contributed by atoms with Gasteiger partial charge in [0.25, 0.3) is 0 Å². The maximum absolute atomic E-state index is 13.4. The van der Waals surface area contributed by atoms with Crippen molar-refractivity contribution in [3.8, 4) is 0 Å². The predicted octanol–water partition coefficient (Wildman–Crippen LogP) is 5.16. The first kappa shape index (κ1) is 15.5. The molecule has 2 rings (SSSR count). The van der Waals surface area contributed by atoms with Gasteiger partial charge in [-0.25, -0.2) is 4.39 Å². The van der Waals surface area contributed by atoms with Crippen LogP contribution in [0.1, 0.15) is 24.1 Å². The molecule has 0 spiro atoms. The first-order valence-electron chi connectivity index (χ1n) is 6.44. The highest BCUT2D eigenvalue weighted by Gasteiger charge is 2.06. The van der Waals surface area contributed by atoms with Crippen LogP contribution in [0.4, 0.5) is 4.39 Å². The van der Waals surface area contributed by atoms with Crippen molar-refractivity contribution < 1.29 is 4.39 Å². The number of benzene rings is 2. The summed E-state index contributed by atoms with van der Waals surface area (Å²) in [6.07, 6.45) is 0. The molecule has 0 saturated carbocycles. The minimum absolute atomic E-state index is 0.207. The predicted molar refractivity (Wildman–Crippen MR) is 87.6 cm³/mol. The molecule has 2 aromatic carbocycles. The van der Waals surface area contributed by atoms with E-state index in [1.165, 1.54) is 16.5 Å². The Morgan fingerprint density at radius 1 is 1.20 bits per heavy atom. The summed E-state index contributed by atoms with van der Waals surface area (Å²) in [6.45, 7) is 2.13. The van der Waals surface area contributed by atoms with Gasteiger partial charge in [-0.3, -0.25) is 0 Å². The summed E-state index contributed by atoms with van der Waals surface area (Å²) in [5.74, 6) is 0.542. The van der Waals surface area contributed by atoms with Gasteiger partial charge in [0, 0.05) is 16.7 Å². The lowest BCUT2D eigenvalue weighted by Crippen LogP contribution is -2.11. The fourth-order valence-corrected chi connectivity index (χ4v) is 3.32. The molecular formula is C16H17BrFNS. The van der Waals surface area contributed by atoms with E-state index in [-0.39, 0.29) is 5.82 Å². The molecule has 0 aromatic heterocycles. The van der Waals surface area contributed by atoms with E-state index in [1.807, 2.05) is 13.1 Å². The second-order valence-electron chi connectivity index (χ2n) is 4.58. The van der Waals surface area contributed by atoms with Crippen molar-refractivity contribution in [3.05, 3.63) is 63.9 Å². The van der Waals surface area contributed by atoms with Gasteiger partial charge in [0.15, 0.2) is 0 Å². The standard InChI is InChI=1S/C16H17BrFNS/c1-11(19-2)12-6-8-14(9-7-12)20-10-13-4-3-5-15(18)16(13)17/h3-9,11,19H,10H2,1-2H3. The van der Waals surface area contributed by atoms with Gasteiger partial charge in [-0.15, -0.1) is 11.8 Å². The summed E-state index contributed by atoms with van der Waals surface area (Å²) < 4.78 is 14.0. The zero-order valence-corrected chi connectivity index (χ0v) is 13.9. The van der Waals surface area contributed by atoms with Crippen molar-refractivity contribution in [2.45, 2.75) is 23.6 Å². The highest BCUT2D eigenvalue weighted by molar-refractivity contribution is 9.10. The molecule has 0 heterocycles. The Bertz CT molecular complexity index is 571. The van der Waals surface area contributed by atoms with Crippen LogP contribution in [-0.2, 0) is 5.75 Å². The maximum Gasteiger partial charge on any atom is 0.137 e. The third-order valence-corrected chi connectivity index (χ3v) is 5.19. The van der Waals surface area contributed by atoms with Crippen molar-refractivity contribution in [1.82, 2.24) is 5.32 Å². The Balaban J connectivity index is 2.02. The van der Waals surface area contributed by atoms with E-state index in [0.29, 0.717) is 10.5 Å². The third kappa shape index (κ3) is 3.84. The average Bonchev–Trinajstić information content (AvgIpc) is 2.48. The minimum Gasteiger partial charge on any atom is -0.313 e. The van der Waals surface area contributed by atoms with E-state index in [1.54, 1.807) is 17.8 Å². The number of hydrogen-bond donors (Lipinski definition) is 1. The molecule has 0 saturated heterocycles. The van der Waals surface area contributed by atoms with Gasteiger partial charge in [-0.2, -0.15) is 0 Å². The lowest BCUT2D eigenvalue weighted by molar-refractivity contribution is 0.619. The van der Waals surface area contributed by atoms with Crippen LogP contribution in [0.3, 0.4) is 0 Å². The summed E-state index contributed by atoms with van der Waals surface area (Å²) in [4.78, 5) is 1.19. The fourth-order valence-electron chi connectivity index (χ4n) is 1.84. The molecule has 20 heavy (non-hydrogen) atoms. The van der Waals surface area contributed by atoms with Gasteiger partial charge >= 0.3 is 0 Å². The quantitative estimate of drug-likeness (QED) is 0.745. The topological polar surface area (TPSA) is 12.0 Å². The molecule has 0 aliphatic carbocycles. The Labute approximate surface area is 132 Å². The molecule has 0 aliphatic heterocycles. The van der Waals surface area contributed by atoms with E-state index in [0.717, 1.165) is 11.3 Å². The maximum atomic E-state index is 13.4. The number of hydrogen-bond acceptors (Lipinski definition) is 2. The molecule has 1 unspecified atom stereocenters. The zero-order chi connectivity index (χ0) is 14.5. The lowest BCUT2D eigenvalue weighted by atomic mass is 10.1. The van der Waals surface area contributed by atoms with Gasteiger partial charge in [0.05, 0.1) is 4.47 Å². The second-order valence-corrected chi connectivity index (χ2v) is 6.42. The molecule has 1 N–H and O–H groups in total. The molecule has 2 aromatic rings. The highest BCUT2D eigenvalue weighted by Crippen LogP contribution is 2.29. The monoisotopic (exact) mass is 353 g/mol. The van der Waals surface area contributed by atoms with Crippen LogP contribution in [0.2, 0.25) is 0 Å². The van der Waals surface area contributed by atoms with Gasteiger partial charge in [0.2, 0.25) is 0 Å². The lowest BCUT2D eigenvalue weighted by Gasteiger charge is -2.11. The molecule has 106 valence electrons. The van der Waals surface area contributed by atoms with Crippen molar-refractivity contribution in [2.24, 2.45) is 0 Å². The van der Waals surface area contributed by atoms with Crippen molar-refractivity contribution in [2.75, 3.05) is 7.05 Å². The van der Waals surface area contributed by atoms with Gasteiger partial charge in [-0.1, -0.05) is 24.3 Å². The second kappa shape index (κ2) is 7.25. The van der Waals surface area contributed by atoms with E-state index in [4.69, 9.17) is 0 Å². The Morgan fingerprint density at radius 2 is 1.90 bits per heavy atom. The normalized spacial score (nSPS) is 12.4. The molecule has 0 bridgehead atoms. The van der Waals surface area contributed by atoms with Crippen LogP contribution in [0.25, 0.3) is 0 Å². The SMILES string of the molecule is CNC(C)c1ccc(SCc2cccc(F)c2Br)cc1.